The molecule has 0 saturated carbocycles. The number of fused-ring (bicyclic) bond motifs is 1. The zero-order chi connectivity index (χ0) is 13.0. The van der Waals surface area contributed by atoms with Gasteiger partial charge in [-0.1, -0.05) is 25.1 Å². The summed E-state index contributed by atoms with van der Waals surface area (Å²) < 4.78 is 16.1. The molecule has 0 bridgehead atoms. The van der Waals surface area contributed by atoms with Gasteiger partial charge in [-0.25, -0.2) is 0 Å². The molecule has 0 radical (unpaired) electrons. The zero-order valence-corrected chi connectivity index (χ0v) is 11.2. The Balaban J connectivity index is 2.07. The molecule has 0 spiro atoms. The van der Waals surface area contributed by atoms with Crippen LogP contribution in [0.3, 0.4) is 0 Å². The number of para-hydroxylation sites is 1. The molecule has 1 N–H and O–H groups in total. The quantitative estimate of drug-likeness (QED) is 0.812. The van der Waals surface area contributed by atoms with E-state index in [0.717, 1.165) is 12.4 Å². The molecular weight excluding hydrogens is 230 g/mol. The van der Waals surface area contributed by atoms with Crippen LogP contribution < -0.4 is 10.1 Å². The highest BCUT2D eigenvalue weighted by Crippen LogP contribution is 2.34. The highest BCUT2D eigenvalue weighted by Gasteiger charge is 2.27. The number of hydrogen-bond acceptors (Lipinski definition) is 4. The van der Waals surface area contributed by atoms with Crippen LogP contribution in [0.2, 0.25) is 0 Å². The van der Waals surface area contributed by atoms with E-state index in [1.54, 1.807) is 14.2 Å². The average Bonchev–Trinajstić information content (AvgIpc) is 2.42. The molecule has 0 fully saturated rings. The molecule has 100 valence electrons. The van der Waals surface area contributed by atoms with Crippen LogP contribution in [0.5, 0.6) is 5.75 Å². The van der Waals surface area contributed by atoms with Crippen LogP contribution in [0.4, 0.5) is 0 Å². The molecule has 2 unspecified atom stereocenters. The summed E-state index contributed by atoms with van der Waals surface area (Å²) in [5.41, 5.74) is 1.21. The van der Waals surface area contributed by atoms with Crippen molar-refractivity contribution in [2.75, 3.05) is 27.4 Å². The van der Waals surface area contributed by atoms with Gasteiger partial charge < -0.3 is 19.5 Å². The summed E-state index contributed by atoms with van der Waals surface area (Å²) >= 11 is 0. The van der Waals surface area contributed by atoms with E-state index in [1.807, 2.05) is 18.2 Å². The van der Waals surface area contributed by atoms with Gasteiger partial charge in [0.1, 0.15) is 5.75 Å². The predicted octanol–water partition coefficient (Wildman–Crippen LogP) is 1.96. The van der Waals surface area contributed by atoms with Crippen molar-refractivity contribution in [1.29, 1.82) is 0 Å². The SMILES string of the molecule is COC(CNC1c2ccccc2OCC1C)OC. The van der Waals surface area contributed by atoms with Gasteiger partial charge in [-0.2, -0.15) is 0 Å². The molecule has 2 atom stereocenters. The molecule has 0 amide bonds. The fourth-order valence-electron chi connectivity index (χ4n) is 2.29. The van der Waals surface area contributed by atoms with Gasteiger partial charge in [0.25, 0.3) is 0 Å². The van der Waals surface area contributed by atoms with Gasteiger partial charge in [-0.3, -0.25) is 0 Å². The summed E-state index contributed by atoms with van der Waals surface area (Å²) in [6, 6.07) is 8.44. The van der Waals surface area contributed by atoms with E-state index in [-0.39, 0.29) is 12.3 Å². The van der Waals surface area contributed by atoms with E-state index in [9.17, 15) is 0 Å². The Morgan fingerprint density at radius 1 is 1.33 bits per heavy atom. The van der Waals surface area contributed by atoms with Crippen molar-refractivity contribution in [1.82, 2.24) is 5.32 Å². The van der Waals surface area contributed by atoms with Crippen LogP contribution >= 0.6 is 0 Å². The summed E-state index contributed by atoms with van der Waals surface area (Å²) in [6.45, 7) is 3.58. The van der Waals surface area contributed by atoms with Gasteiger partial charge in [0.15, 0.2) is 6.29 Å². The van der Waals surface area contributed by atoms with Crippen LogP contribution in [0.15, 0.2) is 24.3 Å². The fourth-order valence-corrected chi connectivity index (χ4v) is 2.29. The molecule has 0 aliphatic carbocycles. The number of methoxy groups -OCH3 is 2. The first kappa shape index (κ1) is 13.3. The van der Waals surface area contributed by atoms with Gasteiger partial charge in [-0.05, 0) is 6.07 Å². The largest absolute Gasteiger partial charge is 0.493 e. The van der Waals surface area contributed by atoms with Crippen molar-refractivity contribution < 1.29 is 14.2 Å². The summed E-state index contributed by atoms with van der Waals surface area (Å²) in [5, 5.41) is 3.50. The van der Waals surface area contributed by atoms with E-state index in [2.05, 4.69) is 18.3 Å². The topological polar surface area (TPSA) is 39.7 Å². The van der Waals surface area contributed by atoms with Gasteiger partial charge in [0.05, 0.1) is 6.61 Å². The molecule has 4 heteroatoms. The Kier molecular flexibility index (Phi) is 4.58. The third kappa shape index (κ3) is 2.83. The Hall–Kier alpha value is -1.10. The standard InChI is InChI=1S/C14H21NO3/c1-10-9-18-12-7-5-4-6-11(12)14(10)15-8-13(16-2)17-3/h4-7,10,13-15H,8-9H2,1-3H3. The van der Waals surface area contributed by atoms with Gasteiger partial charge in [-0.15, -0.1) is 0 Å². The average molecular weight is 251 g/mol. The van der Waals surface area contributed by atoms with Crippen molar-refractivity contribution in [3.05, 3.63) is 29.8 Å². The number of nitrogens with one attached hydrogen (secondary N) is 1. The van der Waals surface area contributed by atoms with Crippen molar-refractivity contribution in [3.63, 3.8) is 0 Å². The lowest BCUT2D eigenvalue weighted by Crippen LogP contribution is -2.38. The molecule has 1 aromatic rings. The molecule has 0 saturated heterocycles. The highest BCUT2D eigenvalue weighted by molar-refractivity contribution is 5.37. The highest BCUT2D eigenvalue weighted by atomic mass is 16.7. The maximum absolute atomic E-state index is 5.72. The van der Waals surface area contributed by atoms with Crippen LogP contribution in [-0.2, 0) is 9.47 Å². The third-order valence-electron chi connectivity index (χ3n) is 3.36. The summed E-state index contributed by atoms with van der Waals surface area (Å²) in [4.78, 5) is 0. The van der Waals surface area contributed by atoms with Gasteiger partial charge in [0.2, 0.25) is 0 Å². The first-order chi connectivity index (χ1) is 8.76. The second kappa shape index (κ2) is 6.18. The molecule has 18 heavy (non-hydrogen) atoms. The summed E-state index contributed by atoms with van der Waals surface area (Å²) in [7, 11) is 3.30. The molecule has 1 aliphatic rings. The maximum atomic E-state index is 5.72. The van der Waals surface area contributed by atoms with Crippen LogP contribution in [0.1, 0.15) is 18.5 Å². The van der Waals surface area contributed by atoms with Gasteiger partial charge in [0, 0.05) is 38.3 Å². The molecule has 1 aliphatic heterocycles. The predicted molar refractivity (Wildman–Crippen MR) is 69.7 cm³/mol. The molecule has 1 heterocycles. The Labute approximate surface area is 108 Å². The van der Waals surface area contributed by atoms with E-state index in [1.165, 1.54) is 5.56 Å². The minimum atomic E-state index is -0.216. The first-order valence-corrected chi connectivity index (χ1v) is 6.27. The second-order valence-electron chi connectivity index (χ2n) is 4.61. The third-order valence-corrected chi connectivity index (χ3v) is 3.36. The minimum absolute atomic E-state index is 0.216. The van der Waals surface area contributed by atoms with E-state index >= 15 is 0 Å². The van der Waals surface area contributed by atoms with E-state index < -0.39 is 0 Å². The first-order valence-electron chi connectivity index (χ1n) is 6.27. The lowest BCUT2D eigenvalue weighted by Gasteiger charge is -2.33. The number of hydrogen-bond donors (Lipinski definition) is 1. The maximum Gasteiger partial charge on any atom is 0.169 e. The van der Waals surface area contributed by atoms with Gasteiger partial charge >= 0.3 is 0 Å². The summed E-state index contributed by atoms with van der Waals surface area (Å²) in [5.74, 6) is 1.40. The lowest BCUT2D eigenvalue weighted by molar-refractivity contribution is -0.101. The van der Waals surface area contributed by atoms with Crippen molar-refractivity contribution in [3.8, 4) is 5.75 Å². The van der Waals surface area contributed by atoms with E-state index in [4.69, 9.17) is 14.2 Å². The van der Waals surface area contributed by atoms with Crippen molar-refractivity contribution in [2.24, 2.45) is 5.92 Å². The minimum Gasteiger partial charge on any atom is -0.493 e. The smallest absolute Gasteiger partial charge is 0.169 e. The fraction of sp³-hybridized carbons (Fsp3) is 0.571. The van der Waals surface area contributed by atoms with Crippen LogP contribution in [-0.4, -0.2) is 33.7 Å². The van der Waals surface area contributed by atoms with Crippen molar-refractivity contribution in [2.45, 2.75) is 19.3 Å². The van der Waals surface area contributed by atoms with Crippen molar-refractivity contribution >= 4 is 0 Å². The molecule has 2 rings (SSSR count). The van der Waals surface area contributed by atoms with Crippen LogP contribution in [0, 0.1) is 5.92 Å². The Morgan fingerprint density at radius 2 is 2.06 bits per heavy atom. The zero-order valence-electron chi connectivity index (χ0n) is 11.2. The molecular formula is C14H21NO3. The van der Waals surface area contributed by atoms with E-state index in [0.29, 0.717) is 12.5 Å². The number of benzene rings is 1. The molecule has 1 aromatic carbocycles. The summed E-state index contributed by atoms with van der Waals surface area (Å²) in [6.07, 6.45) is -0.216. The normalized spacial score (nSPS) is 22.7. The molecule has 0 aromatic heterocycles. The number of rotatable bonds is 5. The number of ether oxygens (including phenoxy) is 3. The van der Waals surface area contributed by atoms with Crippen LogP contribution in [0.25, 0.3) is 0 Å². The monoisotopic (exact) mass is 251 g/mol. The Morgan fingerprint density at radius 3 is 2.78 bits per heavy atom. The second-order valence-corrected chi connectivity index (χ2v) is 4.61. The lowest BCUT2D eigenvalue weighted by atomic mass is 9.92. The molecule has 4 nitrogen and oxygen atoms in total. The Bertz CT molecular complexity index is 379.